The van der Waals surface area contributed by atoms with Gasteiger partial charge in [-0.25, -0.2) is 9.18 Å². The van der Waals surface area contributed by atoms with E-state index in [4.69, 9.17) is 14.6 Å². The van der Waals surface area contributed by atoms with Crippen molar-refractivity contribution in [1.82, 2.24) is 4.90 Å². The molecule has 0 aromatic heterocycles. The number of amides is 2. The lowest BCUT2D eigenvalue weighted by atomic mass is 9.96. The smallest absolute Gasteiger partial charge is 0.394 e. The molecule has 1 fully saturated rings. The lowest BCUT2D eigenvalue weighted by molar-refractivity contribution is -0.187. The van der Waals surface area contributed by atoms with Crippen LogP contribution in [0.5, 0.6) is 5.75 Å². The molecule has 2 rings (SSSR count). The van der Waals surface area contributed by atoms with E-state index in [1.54, 1.807) is 0 Å². The third kappa shape index (κ3) is 5.22. The average Bonchev–Trinajstić information content (AvgIpc) is 3.03. The third-order valence-corrected chi connectivity index (χ3v) is 4.07. The Morgan fingerprint density at radius 2 is 2.00 bits per heavy atom. The maximum atomic E-state index is 13.9. The summed E-state index contributed by atoms with van der Waals surface area (Å²) >= 11 is 0. The van der Waals surface area contributed by atoms with Gasteiger partial charge in [-0.2, -0.15) is 13.2 Å². The van der Waals surface area contributed by atoms with E-state index in [0.29, 0.717) is 0 Å². The lowest BCUT2D eigenvalue weighted by Gasteiger charge is -2.19. The van der Waals surface area contributed by atoms with Crippen LogP contribution in [0.2, 0.25) is 0 Å². The van der Waals surface area contributed by atoms with Crippen molar-refractivity contribution in [3.8, 4) is 5.75 Å². The highest BCUT2D eigenvalue weighted by atomic mass is 19.4. The summed E-state index contributed by atoms with van der Waals surface area (Å²) in [6.45, 7) is -1.01. The van der Waals surface area contributed by atoms with E-state index >= 15 is 0 Å². The first-order valence-corrected chi connectivity index (χ1v) is 7.90. The van der Waals surface area contributed by atoms with E-state index in [1.165, 1.54) is 19.2 Å². The van der Waals surface area contributed by atoms with Crippen LogP contribution < -0.4 is 10.1 Å². The number of hydrogen-bond donors (Lipinski definition) is 2. The minimum Gasteiger partial charge on any atom is -0.488 e. The number of alkyl halides is 3. The number of carbonyl (C=O) groups is 2. The second kappa shape index (κ2) is 8.42. The number of benzene rings is 1. The number of carboxylic acids is 1. The van der Waals surface area contributed by atoms with Gasteiger partial charge in [-0.15, -0.1) is 0 Å². The number of nitrogens with one attached hydrogen (secondary N) is 1. The van der Waals surface area contributed by atoms with E-state index in [9.17, 15) is 27.2 Å². The fourth-order valence-corrected chi connectivity index (χ4v) is 2.68. The van der Waals surface area contributed by atoms with Crippen LogP contribution in [-0.4, -0.2) is 61.6 Å². The number of nitrogens with zero attached hydrogens (tertiary/aromatic N) is 1. The highest BCUT2D eigenvalue weighted by Gasteiger charge is 2.53. The van der Waals surface area contributed by atoms with Gasteiger partial charge in [-0.1, -0.05) is 0 Å². The monoisotopic (exact) mass is 394 g/mol. The van der Waals surface area contributed by atoms with Crippen molar-refractivity contribution in [2.75, 3.05) is 38.7 Å². The van der Waals surface area contributed by atoms with Crippen LogP contribution in [-0.2, 0) is 9.53 Å². The van der Waals surface area contributed by atoms with Gasteiger partial charge in [0.1, 0.15) is 6.61 Å². The summed E-state index contributed by atoms with van der Waals surface area (Å²) < 4.78 is 62.7. The number of methoxy groups -OCH3 is 1. The number of rotatable bonds is 6. The third-order valence-electron chi connectivity index (χ3n) is 4.07. The molecule has 7 nitrogen and oxygen atoms in total. The van der Waals surface area contributed by atoms with Crippen LogP contribution in [0.3, 0.4) is 0 Å². The van der Waals surface area contributed by atoms with Crippen LogP contribution in [0.1, 0.15) is 0 Å². The van der Waals surface area contributed by atoms with Gasteiger partial charge in [0.25, 0.3) is 0 Å². The first-order valence-electron chi connectivity index (χ1n) is 7.90. The van der Waals surface area contributed by atoms with Crippen LogP contribution >= 0.6 is 0 Å². The first kappa shape index (κ1) is 20.7. The van der Waals surface area contributed by atoms with Gasteiger partial charge in [0.05, 0.1) is 18.4 Å². The molecule has 1 aromatic rings. The van der Waals surface area contributed by atoms with Crippen LogP contribution in [0.15, 0.2) is 18.2 Å². The van der Waals surface area contributed by atoms with Crippen LogP contribution in [0, 0.1) is 17.7 Å². The standard InChI is InChI=1S/C16H18F4N2O5/c1-26-4-5-27-13-3-2-9(6-12(13)17)21-15(25)22-7-10(14(23)24)11(8-22)16(18,19)20/h2-3,6,10-11H,4-5,7-8H2,1H3,(H,21,25)(H,23,24)/t10-,11-/m1/s1. The highest BCUT2D eigenvalue weighted by Crippen LogP contribution is 2.38. The number of hydrogen-bond acceptors (Lipinski definition) is 4. The molecule has 0 unspecified atom stereocenters. The molecule has 0 bridgehead atoms. The second-order valence-corrected chi connectivity index (χ2v) is 5.91. The number of ether oxygens (including phenoxy) is 2. The molecule has 0 saturated carbocycles. The van der Waals surface area contributed by atoms with E-state index in [1.807, 2.05) is 0 Å². The molecule has 11 heteroatoms. The molecule has 0 aliphatic carbocycles. The Labute approximate surface area is 151 Å². The van der Waals surface area contributed by atoms with Gasteiger partial charge in [0.15, 0.2) is 11.6 Å². The van der Waals surface area contributed by atoms with Crippen molar-refractivity contribution < 1.29 is 41.7 Å². The van der Waals surface area contributed by atoms with Gasteiger partial charge in [-0.05, 0) is 12.1 Å². The normalized spacial score (nSPS) is 19.8. The van der Waals surface area contributed by atoms with Crippen molar-refractivity contribution in [3.05, 3.63) is 24.0 Å². The highest BCUT2D eigenvalue weighted by molar-refractivity contribution is 5.90. The molecular weight excluding hydrogens is 376 g/mol. The Bertz CT molecular complexity index is 698. The largest absolute Gasteiger partial charge is 0.488 e. The van der Waals surface area contributed by atoms with Crippen molar-refractivity contribution in [3.63, 3.8) is 0 Å². The quantitative estimate of drug-likeness (QED) is 0.572. The Hall–Kier alpha value is -2.56. The van der Waals surface area contributed by atoms with Crippen molar-refractivity contribution >= 4 is 17.7 Å². The first-order chi connectivity index (χ1) is 12.6. The summed E-state index contributed by atoms with van der Waals surface area (Å²) in [5.41, 5.74) is -0.000995. The SMILES string of the molecule is COCCOc1ccc(NC(=O)N2C[C@@H](C(F)(F)F)[C@H](C(=O)O)C2)cc1F. The Kier molecular flexibility index (Phi) is 6.47. The molecule has 0 spiro atoms. The Balaban J connectivity index is 2.02. The van der Waals surface area contributed by atoms with Crippen LogP contribution in [0.4, 0.5) is 28.0 Å². The Morgan fingerprint density at radius 3 is 2.52 bits per heavy atom. The molecule has 1 aliphatic rings. The second-order valence-electron chi connectivity index (χ2n) is 5.91. The van der Waals surface area contributed by atoms with E-state index < -0.39 is 48.9 Å². The van der Waals surface area contributed by atoms with Gasteiger partial charge >= 0.3 is 18.2 Å². The number of likely N-dealkylation sites (tertiary alicyclic amines) is 1. The molecule has 1 aromatic carbocycles. The molecule has 27 heavy (non-hydrogen) atoms. The average molecular weight is 394 g/mol. The maximum Gasteiger partial charge on any atom is 0.394 e. The van der Waals surface area contributed by atoms with E-state index in [-0.39, 0.29) is 24.7 Å². The number of carbonyl (C=O) groups excluding carboxylic acids is 1. The molecule has 150 valence electrons. The van der Waals surface area contributed by atoms with Crippen molar-refractivity contribution in [2.45, 2.75) is 6.18 Å². The zero-order valence-corrected chi connectivity index (χ0v) is 14.3. The number of anilines is 1. The molecular formula is C16H18F4N2O5. The molecule has 1 heterocycles. The van der Waals surface area contributed by atoms with Crippen molar-refractivity contribution in [2.24, 2.45) is 11.8 Å². The number of carboxylic acid groups (broad SMARTS) is 1. The topological polar surface area (TPSA) is 88.1 Å². The van der Waals surface area contributed by atoms with Crippen molar-refractivity contribution in [1.29, 1.82) is 0 Å². The zero-order chi connectivity index (χ0) is 20.2. The van der Waals surface area contributed by atoms with Gasteiger partial charge in [0.2, 0.25) is 0 Å². The van der Waals surface area contributed by atoms with Gasteiger partial charge in [-0.3, -0.25) is 4.79 Å². The fraction of sp³-hybridized carbons (Fsp3) is 0.500. The Morgan fingerprint density at radius 1 is 1.30 bits per heavy atom. The summed E-state index contributed by atoms with van der Waals surface area (Å²) in [7, 11) is 1.45. The number of aliphatic carboxylic acids is 1. The minimum atomic E-state index is -4.74. The minimum absolute atomic E-state index is 0.000995. The summed E-state index contributed by atoms with van der Waals surface area (Å²) in [5, 5.41) is 11.2. The van der Waals surface area contributed by atoms with Gasteiger partial charge < -0.3 is 24.8 Å². The number of halogens is 4. The van der Waals surface area contributed by atoms with Gasteiger partial charge in [0, 0.05) is 32.0 Å². The molecule has 1 aliphatic heterocycles. The summed E-state index contributed by atoms with van der Waals surface area (Å²) in [6.07, 6.45) is -4.74. The van der Waals surface area contributed by atoms with E-state index in [0.717, 1.165) is 11.0 Å². The molecule has 1 saturated heterocycles. The summed E-state index contributed by atoms with van der Waals surface area (Å²) in [4.78, 5) is 23.9. The molecule has 2 amide bonds. The summed E-state index contributed by atoms with van der Waals surface area (Å²) in [5.74, 6) is -6.38. The number of urea groups is 1. The van der Waals surface area contributed by atoms with Crippen LogP contribution in [0.25, 0.3) is 0 Å². The molecule has 0 radical (unpaired) electrons. The summed E-state index contributed by atoms with van der Waals surface area (Å²) in [6, 6.07) is 2.57. The zero-order valence-electron chi connectivity index (χ0n) is 14.3. The van der Waals surface area contributed by atoms with E-state index in [2.05, 4.69) is 5.32 Å². The predicted molar refractivity (Wildman–Crippen MR) is 85.0 cm³/mol. The molecule has 2 atom stereocenters. The fourth-order valence-electron chi connectivity index (χ4n) is 2.68. The lowest BCUT2D eigenvalue weighted by Crippen LogP contribution is -2.35. The maximum absolute atomic E-state index is 13.9. The molecule has 2 N–H and O–H groups in total. The predicted octanol–water partition coefficient (Wildman–Crippen LogP) is 2.58.